The van der Waals surface area contributed by atoms with E-state index in [1.165, 1.54) is 12.8 Å². The van der Waals surface area contributed by atoms with Gasteiger partial charge < -0.3 is 24.1 Å². The van der Waals surface area contributed by atoms with E-state index in [1.807, 2.05) is 48.5 Å². The number of hydrogen-bond donors (Lipinski definition) is 1. The Balaban J connectivity index is 1.00. The zero-order chi connectivity index (χ0) is 28.5. The number of rotatable bonds is 9. The molecule has 4 fully saturated rings. The molecule has 2 unspecified atom stereocenters. The number of benzene rings is 2. The van der Waals surface area contributed by atoms with Crippen molar-refractivity contribution in [3.63, 3.8) is 0 Å². The molecule has 2 aromatic carbocycles. The molecule has 3 aromatic rings. The molecule has 6 atom stereocenters. The van der Waals surface area contributed by atoms with E-state index in [-0.39, 0.29) is 30.9 Å². The predicted molar refractivity (Wildman–Crippen MR) is 157 cm³/mol. The van der Waals surface area contributed by atoms with Crippen molar-refractivity contribution < 1.29 is 19.0 Å². The van der Waals surface area contributed by atoms with E-state index in [9.17, 15) is 4.79 Å². The minimum atomic E-state index is -0.379. The molecule has 0 aliphatic carbocycles. The van der Waals surface area contributed by atoms with Crippen LogP contribution in [-0.4, -0.2) is 63.9 Å². The molecule has 4 aliphatic rings. The van der Waals surface area contributed by atoms with Crippen molar-refractivity contribution >= 4 is 6.09 Å². The maximum Gasteiger partial charge on any atom is 0.407 e. The summed E-state index contributed by atoms with van der Waals surface area (Å²) in [7, 11) is 0. The van der Waals surface area contributed by atoms with Gasteiger partial charge in [-0.15, -0.1) is 10.2 Å². The third-order valence-corrected chi connectivity index (χ3v) is 9.87. The van der Waals surface area contributed by atoms with E-state index in [4.69, 9.17) is 14.2 Å². The lowest BCUT2D eigenvalue weighted by Crippen LogP contribution is -2.45. The van der Waals surface area contributed by atoms with Gasteiger partial charge in [0.25, 0.3) is 0 Å². The number of ether oxygens (including phenoxy) is 3. The minimum Gasteiger partial charge on any atom is -0.445 e. The van der Waals surface area contributed by atoms with Crippen LogP contribution >= 0.6 is 0 Å². The molecule has 0 radical (unpaired) electrons. The second kappa shape index (κ2) is 12.1. The molecule has 0 spiro atoms. The lowest BCUT2D eigenvalue weighted by molar-refractivity contribution is -0.0905. The smallest absolute Gasteiger partial charge is 0.407 e. The fourth-order valence-corrected chi connectivity index (χ4v) is 7.83. The van der Waals surface area contributed by atoms with Crippen LogP contribution in [0.25, 0.3) is 0 Å². The molecule has 42 heavy (non-hydrogen) atoms. The largest absolute Gasteiger partial charge is 0.445 e. The van der Waals surface area contributed by atoms with Gasteiger partial charge in [-0.2, -0.15) is 0 Å². The first-order valence-corrected chi connectivity index (χ1v) is 15.6. The Kier molecular flexibility index (Phi) is 7.97. The fourth-order valence-electron chi connectivity index (χ4n) is 7.83. The third kappa shape index (κ3) is 5.57. The molecule has 222 valence electrons. The van der Waals surface area contributed by atoms with Crippen molar-refractivity contribution in [2.45, 2.75) is 88.4 Å². The van der Waals surface area contributed by atoms with Gasteiger partial charge in [0, 0.05) is 30.6 Å². The maximum atomic E-state index is 12.8. The average molecular weight is 572 g/mol. The second-order valence-corrected chi connectivity index (χ2v) is 12.3. The first-order chi connectivity index (χ1) is 20.6. The molecule has 9 heteroatoms. The van der Waals surface area contributed by atoms with Crippen molar-refractivity contribution in [2.24, 2.45) is 5.92 Å². The van der Waals surface area contributed by atoms with Crippen LogP contribution in [0.15, 0.2) is 60.7 Å². The monoisotopic (exact) mass is 571 g/mol. The lowest BCUT2D eigenvalue weighted by atomic mass is 9.91. The molecular weight excluding hydrogens is 530 g/mol. The highest BCUT2D eigenvalue weighted by Gasteiger charge is 2.47. The van der Waals surface area contributed by atoms with Crippen molar-refractivity contribution in [1.29, 1.82) is 0 Å². The Hall–Kier alpha value is -3.27. The van der Waals surface area contributed by atoms with E-state index in [2.05, 4.69) is 44.0 Å². The highest BCUT2D eigenvalue weighted by Crippen LogP contribution is 2.45. The summed E-state index contributed by atoms with van der Waals surface area (Å²) in [5, 5.41) is 12.4. The number of aromatic nitrogens is 3. The van der Waals surface area contributed by atoms with Crippen LogP contribution in [0, 0.1) is 12.8 Å². The Morgan fingerprint density at radius 3 is 2.48 bits per heavy atom. The summed E-state index contributed by atoms with van der Waals surface area (Å²) in [6.45, 7) is 4.73. The number of piperidine rings is 1. The molecule has 1 N–H and O–H groups in total. The van der Waals surface area contributed by atoms with E-state index >= 15 is 0 Å². The first-order valence-electron chi connectivity index (χ1n) is 15.6. The van der Waals surface area contributed by atoms with E-state index in [0.29, 0.717) is 30.7 Å². The van der Waals surface area contributed by atoms with Gasteiger partial charge in [-0.3, -0.25) is 4.90 Å². The number of amides is 1. The van der Waals surface area contributed by atoms with Crippen LogP contribution in [-0.2, 0) is 20.8 Å². The van der Waals surface area contributed by atoms with Gasteiger partial charge in [-0.05, 0) is 56.6 Å². The standard InChI is InChI=1S/C33H41N5O4/c1-22-35-36-31(29-21-41-32-28(29)15-17-40-32)38(22)27-18-25-12-13-26(19-27)37(25)16-14-30(24-10-6-3-7-11-24)34-33(39)42-20-23-8-4-2-5-9-23/h2-11,25-30,32H,12-21H2,1H3,(H,34,39)/t25?,26?,27?,28-,29-,30-,32+/m0/s1. The SMILES string of the molecule is Cc1nnc([C@H]2CO[C@H]3OCC[C@H]32)n1C1CC2CCC(C1)N2CC[C@H](NC(=O)OCc1ccccc1)c1ccccc1. The van der Waals surface area contributed by atoms with Gasteiger partial charge in [0.15, 0.2) is 6.29 Å². The highest BCUT2D eigenvalue weighted by molar-refractivity contribution is 5.68. The maximum absolute atomic E-state index is 12.8. The van der Waals surface area contributed by atoms with Gasteiger partial charge in [-0.25, -0.2) is 4.79 Å². The van der Waals surface area contributed by atoms with Gasteiger partial charge in [0.2, 0.25) is 0 Å². The van der Waals surface area contributed by atoms with Crippen molar-refractivity contribution in [2.75, 3.05) is 19.8 Å². The number of carbonyl (C=O) groups excluding carboxylic acids is 1. The van der Waals surface area contributed by atoms with Gasteiger partial charge in [0.1, 0.15) is 18.3 Å². The zero-order valence-corrected chi connectivity index (χ0v) is 24.3. The molecule has 4 aliphatic heterocycles. The molecule has 9 nitrogen and oxygen atoms in total. The van der Waals surface area contributed by atoms with E-state index in [0.717, 1.165) is 61.6 Å². The van der Waals surface area contributed by atoms with E-state index < -0.39 is 0 Å². The summed E-state index contributed by atoms with van der Waals surface area (Å²) in [6.07, 6.45) is 6.03. The van der Waals surface area contributed by atoms with Crippen LogP contribution in [0.2, 0.25) is 0 Å². The average Bonchev–Trinajstić information content (AvgIpc) is 3.78. The Morgan fingerprint density at radius 2 is 1.71 bits per heavy atom. The molecule has 1 aromatic heterocycles. The summed E-state index contributed by atoms with van der Waals surface area (Å²) < 4.78 is 19.8. The number of alkyl carbamates (subject to hydrolysis) is 1. The normalized spacial score (nSPS) is 29.4. The second-order valence-electron chi connectivity index (χ2n) is 12.3. The molecule has 5 heterocycles. The van der Waals surface area contributed by atoms with Crippen LogP contribution in [0.1, 0.15) is 79.3 Å². The van der Waals surface area contributed by atoms with Crippen molar-refractivity contribution in [1.82, 2.24) is 25.0 Å². The lowest BCUT2D eigenvalue weighted by Gasteiger charge is -2.40. The van der Waals surface area contributed by atoms with Gasteiger partial charge in [0.05, 0.1) is 25.2 Å². The Morgan fingerprint density at radius 1 is 0.976 bits per heavy atom. The van der Waals surface area contributed by atoms with E-state index in [1.54, 1.807) is 0 Å². The predicted octanol–water partition coefficient (Wildman–Crippen LogP) is 5.29. The summed E-state index contributed by atoms with van der Waals surface area (Å²) >= 11 is 0. The number of nitrogens with one attached hydrogen (secondary N) is 1. The first kappa shape index (κ1) is 27.6. The summed E-state index contributed by atoms with van der Waals surface area (Å²) in [5.41, 5.74) is 2.08. The molecule has 2 bridgehead atoms. The number of aryl methyl sites for hydroxylation is 1. The van der Waals surface area contributed by atoms with Crippen LogP contribution in [0.3, 0.4) is 0 Å². The van der Waals surface area contributed by atoms with Crippen molar-refractivity contribution in [3.8, 4) is 0 Å². The number of fused-ring (bicyclic) bond motifs is 3. The molecule has 0 saturated carbocycles. The third-order valence-electron chi connectivity index (χ3n) is 9.87. The highest BCUT2D eigenvalue weighted by atomic mass is 16.7. The molecule has 7 rings (SSSR count). The summed E-state index contributed by atoms with van der Waals surface area (Å²) in [4.78, 5) is 15.5. The molecular formula is C33H41N5O4. The number of carbonyl (C=O) groups is 1. The quantitative estimate of drug-likeness (QED) is 0.373. The minimum absolute atomic E-state index is 0.0831. The number of hydrogen-bond acceptors (Lipinski definition) is 7. The fraction of sp³-hybridized carbons (Fsp3) is 0.545. The van der Waals surface area contributed by atoms with Gasteiger partial charge in [-0.1, -0.05) is 60.7 Å². The van der Waals surface area contributed by atoms with Crippen LogP contribution in [0.4, 0.5) is 4.79 Å². The number of nitrogens with zero attached hydrogens (tertiary/aromatic N) is 4. The zero-order valence-electron chi connectivity index (χ0n) is 24.3. The molecule has 1 amide bonds. The summed E-state index contributed by atoms with van der Waals surface area (Å²) in [5.74, 6) is 2.73. The Labute approximate surface area is 247 Å². The van der Waals surface area contributed by atoms with Crippen LogP contribution < -0.4 is 5.32 Å². The topological polar surface area (TPSA) is 90.7 Å². The summed E-state index contributed by atoms with van der Waals surface area (Å²) in [6, 6.07) is 21.4. The molecule has 4 saturated heterocycles. The van der Waals surface area contributed by atoms with Crippen molar-refractivity contribution in [3.05, 3.63) is 83.4 Å². The van der Waals surface area contributed by atoms with Crippen LogP contribution in [0.5, 0.6) is 0 Å². The Bertz CT molecular complexity index is 1340. The van der Waals surface area contributed by atoms with Gasteiger partial charge >= 0.3 is 6.09 Å².